The quantitative estimate of drug-likeness (QED) is 0.519. The largest absolute Gasteiger partial charge is 0.372 e. The molecule has 34 heavy (non-hydrogen) atoms. The predicted molar refractivity (Wildman–Crippen MR) is 133 cm³/mol. The molecule has 3 aromatic rings. The van der Waals surface area contributed by atoms with Crippen molar-refractivity contribution in [3.05, 3.63) is 95.9 Å². The van der Waals surface area contributed by atoms with Crippen LogP contribution in [0.2, 0.25) is 0 Å². The van der Waals surface area contributed by atoms with Crippen LogP contribution in [0.25, 0.3) is 5.57 Å². The van der Waals surface area contributed by atoms with E-state index in [9.17, 15) is 14.0 Å². The number of carbonyl (C=O) groups excluding carboxylic acids is 2. The van der Waals surface area contributed by atoms with E-state index in [0.29, 0.717) is 16.8 Å². The highest BCUT2D eigenvalue weighted by Gasteiger charge is 2.40. The zero-order valence-corrected chi connectivity index (χ0v) is 19.0. The van der Waals surface area contributed by atoms with Crippen LogP contribution in [0.15, 0.2) is 84.6 Å². The summed E-state index contributed by atoms with van der Waals surface area (Å²) >= 11 is 0. The first-order chi connectivity index (χ1) is 16.5. The van der Waals surface area contributed by atoms with Gasteiger partial charge in [-0.2, -0.15) is 0 Å². The molecule has 2 amide bonds. The Balaban J connectivity index is 1.46. The molecule has 0 spiro atoms. The van der Waals surface area contributed by atoms with Crippen LogP contribution in [0.5, 0.6) is 0 Å². The van der Waals surface area contributed by atoms with Crippen LogP contribution in [0.3, 0.4) is 0 Å². The molecule has 5 rings (SSSR count). The number of piperidine rings is 1. The molecule has 2 aliphatic rings. The summed E-state index contributed by atoms with van der Waals surface area (Å²) in [5, 5.41) is 3.19. The van der Waals surface area contributed by atoms with Crippen LogP contribution in [-0.2, 0) is 9.59 Å². The van der Waals surface area contributed by atoms with Gasteiger partial charge in [-0.15, -0.1) is 0 Å². The molecule has 2 aliphatic heterocycles. The van der Waals surface area contributed by atoms with Gasteiger partial charge in [-0.3, -0.25) is 9.59 Å². The zero-order chi connectivity index (χ0) is 23.7. The van der Waals surface area contributed by atoms with E-state index in [4.69, 9.17) is 0 Å². The fourth-order valence-corrected chi connectivity index (χ4v) is 4.51. The van der Waals surface area contributed by atoms with E-state index in [-0.39, 0.29) is 5.70 Å². The molecule has 0 aromatic heterocycles. The SMILES string of the molecule is CC1CCN(c2ccc(NC3=C(c4ccccc4)C(=O)N(c4ccc(F)cc4)C3=O)cc2)CC1. The summed E-state index contributed by atoms with van der Waals surface area (Å²) in [6.45, 7) is 4.37. The Morgan fingerprint density at radius 1 is 0.794 bits per heavy atom. The van der Waals surface area contributed by atoms with Gasteiger partial charge < -0.3 is 10.2 Å². The maximum absolute atomic E-state index is 13.4. The molecule has 3 aromatic carbocycles. The molecule has 5 nitrogen and oxygen atoms in total. The Kier molecular flexibility index (Phi) is 5.88. The Bertz CT molecular complexity index is 1230. The highest BCUT2D eigenvalue weighted by Crippen LogP contribution is 2.34. The number of hydrogen-bond donors (Lipinski definition) is 1. The van der Waals surface area contributed by atoms with Gasteiger partial charge in [0.15, 0.2) is 0 Å². The first-order valence-electron chi connectivity index (χ1n) is 11.6. The van der Waals surface area contributed by atoms with Crippen LogP contribution in [0, 0.1) is 11.7 Å². The molecule has 172 valence electrons. The third kappa shape index (κ3) is 4.19. The average Bonchev–Trinajstić information content (AvgIpc) is 3.10. The Morgan fingerprint density at radius 2 is 1.41 bits per heavy atom. The molecular formula is C28H26FN3O2. The van der Waals surface area contributed by atoms with Gasteiger partial charge in [-0.1, -0.05) is 37.3 Å². The molecule has 0 aliphatic carbocycles. The van der Waals surface area contributed by atoms with Crippen molar-refractivity contribution in [3.8, 4) is 0 Å². The second kappa shape index (κ2) is 9.14. The Labute approximate surface area is 198 Å². The summed E-state index contributed by atoms with van der Waals surface area (Å²) in [6, 6.07) is 22.4. The molecule has 0 atom stereocenters. The first-order valence-corrected chi connectivity index (χ1v) is 11.6. The minimum Gasteiger partial charge on any atom is -0.372 e. The number of halogens is 1. The number of imide groups is 1. The summed E-state index contributed by atoms with van der Waals surface area (Å²) in [7, 11) is 0. The second-order valence-corrected chi connectivity index (χ2v) is 8.88. The minimum atomic E-state index is -0.468. The van der Waals surface area contributed by atoms with E-state index in [2.05, 4.69) is 17.1 Å². The van der Waals surface area contributed by atoms with Gasteiger partial charge in [0.05, 0.1) is 11.3 Å². The molecule has 0 saturated carbocycles. The van der Waals surface area contributed by atoms with Crippen molar-refractivity contribution in [2.24, 2.45) is 5.92 Å². The summed E-state index contributed by atoms with van der Waals surface area (Å²) in [5.74, 6) is -0.579. The van der Waals surface area contributed by atoms with Crippen LogP contribution in [-0.4, -0.2) is 24.9 Å². The lowest BCUT2D eigenvalue weighted by Gasteiger charge is -2.32. The van der Waals surface area contributed by atoms with Crippen molar-refractivity contribution < 1.29 is 14.0 Å². The minimum absolute atomic E-state index is 0.208. The third-order valence-corrected chi connectivity index (χ3v) is 6.52. The number of nitrogens with zero attached hydrogens (tertiary/aromatic N) is 2. The van der Waals surface area contributed by atoms with Crippen molar-refractivity contribution in [1.82, 2.24) is 0 Å². The average molecular weight is 456 g/mol. The van der Waals surface area contributed by atoms with Crippen LogP contribution in [0.1, 0.15) is 25.3 Å². The van der Waals surface area contributed by atoms with E-state index in [1.54, 1.807) is 12.1 Å². The summed E-state index contributed by atoms with van der Waals surface area (Å²) in [5.41, 5.74) is 3.35. The Hall–Kier alpha value is -3.93. The summed E-state index contributed by atoms with van der Waals surface area (Å²) in [6.07, 6.45) is 2.37. The van der Waals surface area contributed by atoms with Gasteiger partial charge in [0.1, 0.15) is 11.5 Å². The molecule has 2 heterocycles. The highest BCUT2D eigenvalue weighted by atomic mass is 19.1. The third-order valence-electron chi connectivity index (χ3n) is 6.52. The number of hydrogen-bond acceptors (Lipinski definition) is 4. The number of anilines is 3. The first kappa shape index (κ1) is 21.9. The van der Waals surface area contributed by atoms with Gasteiger partial charge >= 0.3 is 0 Å². The molecule has 1 fully saturated rings. The lowest BCUT2D eigenvalue weighted by atomic mass is 9.99. The fourth-order valence-electron chi connectivity index (χ4n) is 4.51. The number of rotatable bonds is 5. The van der Waals surface area contributed by atoms with E-state index in [1.165, 1.54) is 37.1 Å². The van der Waals surface area contributed by atoms with E-state index < -0.39 is 17.6 Å². The molecule has 6 heteroatoms. The van der Waals surface area contributed by atoms with Gasteiger partial charge in [-0.25, -0.2) is 9.29 Å². The molecule has 1 saturated heterocycles. The number of carbonyl (C=O) groups is 2. The van der Waals surface area contributed by atoms with Crippen molar-refractivity contribution in [3.63, 3.8) is 0 Å². The molecular weight excluding hydrogens is 429 g/mol. The maximum Gasteiger partial charge on any atom is 0.282 e. The van der Waals surface area contributed by atoms with Gasteiger partial charge in [0.2, 0.25) is 0 Å². The van der Waals surface area contributed by atoms with Crippen LogP contribution < -0.4 is 15.1 Å². The van der Waals surface area contributed by atoms with E-state index in [0.717, 1.165) is 35.3 Å². The fraction of sp³-hybridized carbons (Fsp3) is 0.214. The molecule has 1 N–H and O–H groups in total. The molecule has 0 radical (unpaired) electrons. The van der Waals surface area contributed by atoms with Gasteiger partial charge in [-0.05, 0) is 72.9 Å². The summed E-state index contributed by atoms with van der Waals surface area (Å²) < 4.78 is 13.4. The molecule has 0 unspecified atom stereocenters. The number of amides is 2. The lowest BCUT2D eigenvalue weighted by molar-refractivity contribution is -0.120. The number of benzene rings is 3. The van der Waals surface area contributed by atoms with Crippen molar-refractivity contribution in [1.29, 1.82) is 0 Å². The smallest absolute Gasteiger partial charge is 0.282 e. The standard InChI is InChI=1S/C28H26FN3O2/c1-19-15-17-31(18-16-19)23-13-9-22(10-14-23)30-26-25(20-5-3-2-4-6-20)27(33)32(28(26)34)24-11-7-21(29)8-12-24/h2-14,19,30H,15-18H2,1H3. The van der Waals surface area contributed by atoms with Gasteiger partial charge in [0.25, 0.3) is 11.8 Å². The maximum atomic E-state index is 13.4. The van der Waals surface area contributed by atoms with Crippen LogP contribution >= 0.6 is 0 Å². The Morgan fingerprint density at radius 3 is 2.06 bits per heavy atom. The monoisotopic (exact) mass is 455 g/mol. The van der Waals surface area contributed by atoms with E-state index in [1.807, 2.05) is 42.5 Å². The number of nitrogens with one attached hydrogen (secondary N) is 1. The zero-order valence-electron chi connectivity index (χ0n) is 19.0. The van der Waals surface area contributed by atoms with Gasteiger partial charge in [0, 0.05) is 24.5 Å². The second-order valence-electron chi connectivity index (χ2n) is 8.88. The summed E-state index contributed by atoms with van der Waals surface area (Å²) in [4.78, 5) is 30.3. The lowest BCUT2D eigenvalue weighted by Crippen LogP contribution is -2.32. The predicted octanol–water partition coefficient (Wildman–Crippen LogP) is 5.46. The molecule has 0 bridgehead atoms. The normalized spacial score (nSPS) is 17.0. The highest BCUT2D eigenvalue weighted by molar-refractivity contribution is 6.46. The topological polar surface area (TPSA) is 52.7 Å². The van der Waals surface area contributed by atoms with Crippen molar-refractivity contribution in [2.75, 3.05) is 28.2 Å². The van der Waals surface area contributed by atoms with Crippen molar-refractivity contribution in [2.45, 2.75) is 19.8 Å². The van der Waals surface area contributed by atoms with Crippen LogP contribution in [0.4, 0.5) is 21.5 Å². The van der Waals surface area contributed by atoms with Crippen molar-refractivity contribution >= 4 is 34.4 Å². The van der Waals surface area contributed by atoms with E-state index >= 15 is 0 Å².